The molecule has 0 aromatic carbocycles. The number of hydrogen-bond acceptors (Lipinski definition) is 7. The number of nitrogens with zero attached hydrogens (tertiary/aromatic N) is 4. The number of carbonyl (C=O) groups is 3. The fraction of sp³-hybridized carbons (Fsp3) is 0.762. The van der Waals surface area contributed by atoms with Gasteiger partial charge in [-0.1, -0.05) is 0 Å². The molecule has 0 aliphatic carbocycles. The van der Waals surface area contributed by atoms with Crippen molar-refractivity contribution in [2.24, 2.45) is 0 Å². The minimum Gasteiger partial charge on any atom is -0.444 e. The first-order chi connectivity index (χ1) is 14.3. The van der Waals surface area contributed by atoms with E-state index in [1.807, 2.05) is 23.0 Å². The van der Waals surface area contributed by atoms with E-state index in [0.717, 1.165) is 5.70 Å². The van der Waals surface area contributed by atoms with Crippen LogP contribution in [0, 0.1) is 0 Å². The van der Waals surface area contributed by atoms with Crippen LogP contribution in [0.2, 0.25) is 0 Å². The Morgan fingerprint density at radius 3 is 2.29 bits per heavy atom. The molecule has 174 valence electrons. The average Bonchev–Trinajstić information content (AvgIpc) is 3.14. The van der Waals surface area contributed by atoms with E-state index in [2.05, 4.69) is 10.2 Å². The highest BCUT2D eigenvalue weighted by Gasteiger charge is 2.43. The Bertz CT molecular complexity index is 761. The van der Waals surface area contributed by atoms with Crippen molar-refractivity contribution in [1.82, 2.24) is 24.9 Å². The van der Waals surface area contributed by atoms with E-state index in [1.165, 1.54) is 13.8 Å². The normalized spacial score (nSPS) is 21.3. The third kappa shape index (κ3) is 5.23. The van der Waals surface area contributed by atoms with Gasteiger partial charge in [-0.25, -0.2) is 4.79 Å². The minimum absolute atomic E-state index is 0.0371. The highest BCUT2D eigenvalue weighted by atomic mass is 16.6. The lowest BCUT2D eigenvalue weighted by molar-refractivity contribution is -0.141. The number of ether oxygens (including phenoxy) is 1. The Morgan fingerprint density at radius 1 is 1.16 bits per heavy atom. The Morgan fingerprint density at radius 2 is 1.77 bits per heavy atom. The van der Waals surface area contributed by atoms with Gasteiger partial charge < -0.3 is 34.8 Å². The molecule has 2 N–H and O–H groups in total. The van der Waals surface area contributed by atoms with Crippen LogP contribution >= 0.6 is 0 Å². The summed E-state index contributed by atoms with van der Waals surface area (Å²) >= 11 is 0. The molecule has 0 aromatic heterocycles. The summed E-state index contributed by atoms with van der Waals surface area (Å²) in [4.78, 5) is 45.6. The molecule has 10 nitrogen and oxygen atoms in total. The number of alkyl carbamates (subject to hydrolysis) is 1. The highest BCUT2D eigenvalue weighted by Crippen LogP contribution is 2.29. The van der Waals surface area contributed by atoms with Crippen molar-refractivity contribution in [1.29, 1.82) is 0 Å². The van der Waals surface area contributed by atoms with E-state index in [0.29, 0.717) is 39.3 Å². The molecule has 3 amide bonds. The number of nitrogens with one attached hydrogen (secondary N) is 1. The average molecular weight is 438 g/mol. The van der Waals surface area contributed by atoms with Crippen LogP contribution < -0.4 is 5.32 Å². The van der Waals surface area contributed by atoms with Crippen LogP contribution in [-0.2, 0) is 14.3 Å². The molecule has 1 atom stereocenters. The molecule has 3 rings (SSSR count). The van der Waals surface area contributed by atoms with E-state index in [4.69, 9.17) is 4.74 Å². The maximum absolute atomic E-state index is 13.1. The highest BCUT2D eigenvalue weighted by molar-refractivity contribution is 5.95. The first-order valence-electron chi connectivity index (χ1n) is 10.7. The Balaban J connectivity index is 1.59. The summed E-state index contributed by atoms with van der Waals surface area (Å²) in [5.41, 5.74) is -1.44. The largest absolute Gasteiger partial charge is 0.444 e. The first kappa shape index (κ1) is 23.2. The lowest BCUT2D eigenvalue weighted by atomic mass is 9.95. The van der Waals surface area contributed by atoms with Gasteiger partial charge in [0.05, 0.1) is 18.9 Å². The van der Waals surface area contributed by atoms with E-state index in [1.54, 1.807) is 25.7 Å². The third-order valence-electron chi connectivity index (χ3n) is 5.71. The molecule has 0 radical (unpaired) electrons. The van der Waals surface area contributed by atoms with Crippen molar-refractivity contribution in [2.45, 2.75) is 70.7 Å². The standard InChI is InChI=1S/C21H35N5O5/c1-20(2,3)31-19(29)22-16(21(4,5)30)18(28)24-9-7-14(8-10-24)26-13-25-12-23(6)11-15(25)17(26)27/h11,14,16,30H,7-10,12-13H2,1-6H3,(H,22,29). The summed E-state index contributed by atoms with van der Waals surface area (Å²) < 4.78 is 5.25. The summed E-state index contributed by atoms with van der Waals surface area (Å²) in [5.74, 6) is -0.315. The van der Waals surface area contributed by atoms with E-state index in [-0.39, 0.29) is 17.9 Å². The zero-order valence-electron chi connectivity index (χ0n) is 19.3. The maximum atomic E-state index is 13.1. The van der Waals surface area contributed by atoms with Crippen molar-refractivity contribution in [3.8, 4) is 0 Å². The molecule has 10 heteroatoms. The van der Waals surface area contributed by atoms with Gasteiger partial charge in [0.15, 0.2) is 0 Å². The lowest BCUT2D eigenvalue weighted by Gasteiger charge is -2.40. The van der Waals surface area contributed by atoms with Gasteiger partial charge in [-0.15, -0.1) is 0 Å². The second-order valence-corrected chi connectivity index (χ2v) is 10.2. The Hall–Kier alpha value is -2.49. The predicted molar refractivity (Wildman–Crippen MR) is 113 cm³/mol. The van der Waals surface area contributed by atoms with E-state index < -0.39 is 23.3 Å². The molecule has 3 aliphatic rings. The number of likely N-dealkylation sites (tertiary alicyclic amines) is 1. The smallest absolute Gasteiger partial charge is 0.408 e. The van der Waals surface area contributed by atoms with Crippen molar-refractivity contribution >= 4 is 17.9 Å². The monoisotopic (exact) mass is 437 g/mol. The number of fused-ring (bicyclic) bond motifs is 1. The van der Waals surface area contributed by atoms with Gasteiger partial charge in [0.2, 0.25) is 5.91 Å². The number of hydrogen-bond donors (Lipinski definition) is 2. The van der Waals surface area contributed by atoms with Crippen LogP contribution in [0.5, 0.6) is 0 Å². The number of aliphatic hydroxyl groups is 1. The fourth-order valence-corrected chi connectivity index (χ4v) is 4.21. The van der Waals surface area contributed by atoms with Gasteiger partial charge in [0, 0.05) is 32.4 Å². The number of rotatable bonds is 4. The molecule has 31 heavy (non-hydrogen) atoms. The van der Waals surface area contributed by atoms with Crippen LogP contribution in [-0.4, -0.2) is 99.4 Å². The summed E-state index contributed by atoms with van der Waals surface area (Å²) in [6.45, 7) is 10.4. The number of carbonyl (C=O) groups excluding carboxylic acids is 3. The van der Waals surface area contributed by atoms with Gasteiger partial charge >= 0.3 is 6.09 Å². The van der Waals surface area contributed by atoms with Gasteiger partial charge in [0.1, 0.15) is 17.3 Å². The molecule has 2 fully saturated rings. The van der Waals surface area contributed by atoms with E-state index in [9.17, 15) is 19.5 Å². The van der Waals surface area contributed by atoms with Crippen LogP contribution in [0.4, 0.5) is 4.79 Å². The second-order valence-electron chi connectivity index (χ2n) is 10.2. The van der Waals surface area contributed by atoms with Gasteiger partial charge in [-0.3, -0.25) is 9.59 Å². The van der Waals surface area contributed by atoms with Crippen LogP contribution in [0.25, 0.3) is 0 Å². The summed E-state index contributed by atoms with van der Waals surface area (Å²) in [5, 5.41) is 13.0. The minimum atomic E-state index is -1.46. The Kier molecular flexibility index (Phi) is 6.14. The summed E-state index contributed by atoms with van der Waals surface area (Å²) in [6.07, 6.45) is 2.43. The first-order valence-corrected chi connectivity index (χ1v) is 10.7. The molecule has 2 saturated heterocycles. The zero-order chi connectivity index (χ0) is 23.1. The fourth-order valence-electron chi connectivity index (χ4n) is 4.21. The molecule has 3 aliphatic heterocycles. The quantitative estimate of drug-likeness (QED) is 0.659. The zero-order valence-corrected chi connectivity index (χ0v) is 19.3. The third-order valence-corrected chi connectivity index (χ3v) is 5.71. The van der Waals surface area contributed by atoms with Crippen molar-refractivity contribution in [3.05, 3.63) is 11.9 Å². The molecule has 0 bridgehead atoms. The van der Waals surface area contributed by atoms with Gasteiger partial charge in [-0.2, -0.15) is 0 Å². The summed E-state index contributed by atoms with van der Waals surface area (Å²) in [6, 6.07) is -1.06. The predicted octanol–water partition coefficient (Wildman–Crippen LogP) is 0.488. The molecule has 0 spiro atoms. The van der Waals surface area contributed by atoms with Crippen LogP contribution in [0.3, 0.4) is 0 Å². The van der Waals surface area contributed by atoms with Crippen LogP contribution in [0.1, 0.15) is 47.5 Å². The van der Waals surface area contributed by atoms with Gasteiger partial charge in [0.25, 0.3) is 5.91 Å². The van der Waals surface area contributed by atoms with E-state index >= 15 is 0 Å². The topological polar surface area (TPSA) is 106 Å². The SMILES string of the molecule is CN1C=C2C(=O)N(C3CCN(C(=O)C(NC(=O)OC(C)(C)C)C(C)(C)O)CC3)CN2C1. The molecule has 0 aromatic rings. The molecular formula is C21H35N5O5. The molecular weight excluding hydrogens is 402 g/mol. The Labute approximate surface area is 183 Å². The van der Waals surface area contributed by atoms with Crippen LogP contribution in [0.15, 0.2) is 11.9 Å². The van der Waals surface area contributed by atoms with Crippen molar-refractivity contribution in [2.75, 3.05) is 33.5 Å². The lowest BCUT2D eigenvalue weighted by Crippen LogP contribution is -2.60. The van der Waals surface area contributed by atoms with Crippen molar-refractivity contribution in [3.63, 3.8) is 0 Å². The molecule has 1 unspecified atom stereocenters. The summed E-state index contributed by atoms with van der Waals surface area (Å²) in [7, 11) is 1.94. The van der Waals surface area contributed by atoms with Gasteiger partial charge in [-0.05, 0) is 47.5 Å². The van der Waals surface area contributed by atoms with Crippen molar-refractivity contribution < 1.29 is 24.2 Å². The number of amides is 3. The molecule has 3 heterocycles. The number of piperidine rings is 1. The molecule has 0 saturated carbocycles. The maximum Gasteiger partial charge on any atom is 0.408 e. The second kappa shape index (κ2) is 8.22.